The van der Waals surface area contributed by atoms with Crippen LogP contribution in [0.5, 0.6) is 0 Å². The maximum atomic E-state index is 12.1. The third kappa shape index (κ3) is 4.56. The van der Waals surface area contributed by atoms with Crippen molar-refractivity contribution in [2.45, 2.75) is 18.2 Å². The van der Waals surface area contributed by atoms with Gasteiger partial charge in [-0.3, -0.25) is 4.79 Å². The first kappa shape index (κ1) is 16.6. The molecule has 0 aromatic heterocycles. The van der Waals surface area contributed by atoms with Crippen LogP contribution >= 0.6 is 35.8 Å². The number of anilines is 1. The van der Waals surface area contributed by atoms with Gasteiger partial charge in [-0.05, 0) is 36.9 Å². The van der Waals surface area contributed by atoms with Gasteiger partial charge in [-0.15, -0.1) is 24.2 Å². The van der Waals surface area contributed by atoms with Crippen molar-refractivity contribution in [1.82, 2.24) is 5.32 Å². The first-order valence-corrected chi connectivity index (χ1v) is 7.51. The van der Waals surface area contributed by atoms with Crippen LogP contribution in [0.15, 0.2) is 23.1 Å². The molecule has 0 spiro atoms. The van der Waals surface area contributed by atoms with Crippen molar-refractivity contribution in [2.24, 2.45) is 5.92 Å². The molecule has 6 heteroatoms. The molecule has 3 nitrogen and oxygen atoms in total. The van der Waals surface area contributed by atoms with Gasteiger partial charge in [0.2, 0.25) is 5.91 Å². The molecule has 1 heterocycles. The first-order valence-electron chi connectivity index (χ1n) is 6.14. The van der Waals surface area contributed by atoms with E-state index in [2.05, 4.69) is 17.6 Å². The fourth-order valence-electron chi connectivity index (χ4n) is 1.99. The van der Waals surface area contributed by atoms with E-state index >= 15 is 0 Å². The van der Waals surface area contributed by atoms with Crippen LogP contribution in [0.4, 0.5) is 5.69 Å². The van der Waals surface area contributed by atoms with Gasteiger partial charge in [0.25, 0.3) is 0 Å². The number of rotatable bonds is 4. The molecule has 0 bridgehead atoms. The average molecular weight is 321 g/mol. The third-order valence-electron chi connectivity index (χ3n) is 2.93. The standard InChI is InChI=1S/C13H17ClN2OS.ClH/c1-2-18-12-4-3-10(14)7-11(12)16-13(17)9-5-6-15-8-9;/h3-4,7,9,15H,2,5-6,8H2,1H3,(H,16,17);1H. The van der Waals surface area contributed by atoms with E-state index in [-0.39, 0.29) is 24.2 Å². The van der Waals surface area contributed by atoms with E-state index < -0.39 is 0 Å². The Balaban J connectivity index is 0.00000180. The minimum Gasteiger partial charge on any atom is -0.325 e. The normalized spacial score (nSPS) is 17.9. The number of nitrogens with one attached hydrogen (secondary N) is 2. The van der Waals surface area contributed by atoms with Crippen LogP contribution in [0.3, 0.4) is 0 Å². The molecule has 1 aromatic rings. The molecular weight excluding hydrogens is 303 g/mol. The summed E-state index contributed by atoms with van der Waals surface area (Å²) in [7, 11) is 0. The Bertz CT molecular complexity index is 437. The molecule has 1 aliphatic heterocycles. The highest BCUT2D eigenvalue weighted by Gasteiger charge is 2.23. The molecule has 0 radical (unpaired) electrons. The molecular formula is C13H18Cl2N2OS. The lowest BCUT2D eigenvalue weighted by atomic mass is 10.1. The molecule has 1 unspecified atom stereocenters. The van der Waals surface area contributed by atoms with Crippen LogP contribution in [0.2, 0.25) is 5.02 Å². The zero-order chi connectivity index (χ0) is 13.0. The van der Waals surface area contributed by atoms with Crippen molar-refractivity contribution in [3.63, 3.8) is 0 Å². The quantitative estimate of drug-likeness (QED) is 0.835. The molecule has 0 saturated carbocycles. The maximum absolute atomic E-state index is 12.1. The smallest absolute Gasteiger partial charge is 0.228 e. The number of benzene rings is 1. The van der Waals surface area contributed by atoms with Crippen LogP contribution in [0, 0.1) is 5.92 Å². The highest BCUT2D eigenvalue weighted by molar-refractivity contribution is 7.99. The molecule has 2 rings (SSSR count). The monoisotopic (exact) mass is 320 g/mol. The van der Waals surface area contributed by atoms with Gasteiger partial charge in [0.05, 0.1) is 11.6 Å². The van der Waals surface area contributed by atoms with E-state index in [0.29, 0.717) is 5.02 Å². The van der Waals surface area contributed by atoms with Gasteiger partial charge >= 0.3 is 0 Å². The predicted octanol–water partition coefficient (Wildman–Crippen LogP) is 3.42. The van der Waals surface area contributed by atoms with Crippen molar-refractivity contribution < 1.29 is 4.79 Å². The van der Waals surface area contributed by atoms with Gasteiger partial charge < -0.3 is 10.6 Å². The summed E-state index contributed by atoms with van der Waals surface area (Å²) in [5.74, 6) is 1.12. The Morgan fingerprint density at radius 1 is 1.58 bits per heavy atom. The second-order valence-electron chi connectivity index (χ2n) is 4.25. The first-order chi connectivity index (χ1) is 8.70. The lowest BCUT2D eigenvalue weighted by Gasteiger charge is -2.13. The van der Waals surface area contributed by atoms with E-state index in [4.69, 9.17) is 11.6 Å². The summed E-state index contributed by atoms with van der Waals surface area (Å²) in [4.78, 5) is 13.1. The second kappa shape index (κ2) is 8.00. The van der Waals surface area contributed by atoms with E-state index in [1.165, 1.54) is 0 Å². The van der Waals surface area contributed by atoms with Gasteiger partial charge in [0, 0.05) is 16.5 Å². The topological polar surface area (TPSA) is 41.1 Å². The Morgan fingerprint density at radius 3 is 3.00 bits per heavy atom. The molecule has 1 amide bonds. The lowest BCUT2D eigenvalue weighted by Crippen LogP contribution is -2.24. The summed E-state index contributed by atoms with van der Waals surface area (Å²) in [5.41, 5.74) is 0.825. The molecule has 106 valence electrons. The highest BCUT2D eigenvalue weighted by atomic mass is 35.5. The third-order valence-corrected chi connectivity index (χ3v) is 4.12. The van der Waals surface area contributed by atoms with Crippen LogP contribution in [0.25, 0.3) is 0 Å². The Hall–Kier alpha value is -0.420. The number of thioether (sulfide) groups is 1. The summed E-state index contributed by atoms with van der Waals surface area (Å²) >= 11 is 7.69. The average Bonchev–Trinajstić information content (AvgIpc) is 2.86. The van der Waals surface area contributed by atoms with Crippen molar-refractivity contribution in [3.8, 4) is 0 Å². The summed E-state index contributed by atoms with van der Waals surface area (Å²) in [5, 5.41) is 6.84. The zero-order valence-corrected chi connectivity index (χ0v) is 13.1. The number of carbonyl (C=O) groups excluding carboxylic acids is 1. The summed E-state index contributed by atoms with van der Waals surface area (Å²) in [6.07, 6.45) is 0.905. The van der Waals surface area contributed by atoms with Crippen molar-refractivity contribution in [2.75, 3.05) is 24.2 Å². The number of carbonyl (C=O) groups is 1. The maximum Gasteiger partial charge on any atom is 0.228 e. The number of halogens is 2. The number of hydrogen-bond acceptors (Lipinski definition) is 3. The van der Waals surface area contributed by atoms with Crippen molar-refractivity contribution in [1.29, 1.82) is 0 Å². The van der Waals surface area contributed by atoms with Gasteiger partial charge in [0.1, 0.15) is 0 Å². The van der Waals surface area contributed by atoms with E-state index in [9.17, 15) is 4.79 Å². The van der Waals surface area contributed by atoms with Crippen LogP contribution in [-0.4, -0.2) is 24.7 Å². The van der Waals surface area contributed by atoms with Crippen LogP contribution in [-0.2, 0) is 4.79 Å². The molecule has 0 aliphatic carbocycles. The number of amides is 1. The van der Waals surface area contributed by atoms with Gasteiger partial charge in [-0.25, -0.2) is 0 Å². The summed E-state index contributed by atoms with van der Waals surface area (Å²) in [6.45, 7) is 3.78. The van der Waals surface area contributed by atoms with Gasteiger partial charge in [-0.1, -0.05) is 18.5 Å². The zero-order valence-electron chi connectivity index (χ0n) is 10.7. The molecule has 2 N–H and O–H groups in total. The van der Waals surface area contributed by atoms with Crippen LogP contribution in [0.1, 0.15) is 13.3 Å². The summed E-state index contributed by atoms with van der Waals surface area (Å²) < 4.78 is 0. The Labute approximate surface area is 129 Å². The molecule has 1 fully saturated rings. The van der Waals surface area contributed by atoms with E-state index in [1.807, 2.05) is 18.2 Å². The van der Waals surface area contributed by atoms with E-state index in [1.54, 1.807) is 11.8 Å². The largest absolute Gasteiger partial charge is 0.325 e. The Kier molecular flexibility index (Phi) is 7.00. The molecule has 1 saturated heterocycles. The molecule has 1 atom stereocenters. The fourth-order valence-corrected chi connectivity index (χ4v) is 2.91. The second-order valence-corrected chi connectivity index (χ2v) is 5.99. The minimum atomic E-state index is 0. The van der Waals surface area contributed by atoms with Crippen molar-refractivity contribution >= 4 is 47.4 Å². The lowest BCUT2D eigenvalue weighted by molar-refractivity contribution is -0.119. The molecule has 1 aromatic carbocycles. The molecule has 1 aliphatic rings. The highest BCUT2D eigenvalue weighted by Crippen LogP contribution is 2.30. The number of hydrogen-bond donors (Lipinski definition) is 2. The van der Waals surface area contributed by atoms with Gasteiger partial charge in [0.15, 0.2) is 0 Å². The summed E-state index contributed by atoms with van der Waals surface area (Å²) in [6, 6.07) is 5.63. The van der Waals surface area contributed by atoms with Crippen molar-refractivity contribution in [3.05, 3.63) is 23.2 Å². The predicted molar refractivity (Wildman–Crippen MR) is 84.7 cm³/mol. The fraction of sp³-hybridized carbons (Fsp3) is 0.462. The van der Waals surface area contributed by atoms with E-state index in [0.717, 1.165) is 35.8 Å². The van der Waals surface area contributed by atoms with Gasteiger partial charge in [-0.2, -0.15) is 0 Å². The SMILES string of the molecule is CCSc1ccc(Cl)cc1NC(=O)C1CCNC1.Cl. The Morgan fingerprint density at radius 2 is 2.37 bits per heavy atom. The molecule has 19 heavy (non-hydrogen) atoms. The van der Waals surface area contributed by atoms with Crippen LogP contribution < -0.4 is 10.6 Å². The minimum absolute atomic E-state index is 0.